The highest BCUT2D eigenvalue weighted by atomic mass is 16.2. The van der Waals surface area contributed by atoms with Gasteiger partial charge < -0.3 is 10.4 Å². The molecule has 3 atom stereocenters. The summed E-state index contributed by atoms with van der Waals surface area (Å²) in [7, 11) is 0. The number of nitrogens with one attached hydrogen (secondary N) is 1. The monoisotopic (exact) mass is 227 g/mol. The molecule has 0 spiro atoms. The van der Waals surface area contributed by atoms with E-state index in [-0.39, 0.29) is 12.5 Å². The van der Waals surface area contributed by atoms with Gasteiger partial charge in [-0.2, -0.15) is 0 Å². The maximum atomic E-state index is 11.6. The van der Waals surface area contributed by atoms with Crippen molar-refractivity contribution in [2.24, 2.45) is 11.8 Å². The van der Waals surface area contributed by atoms with Gasteiger partial charge in [0.2, 0.25) is 5.91 Å². The summed E-state index contributed by atoms with van der Waals surface area (Å²) in [5.74, 6) is 1.56. The fourth-order valence-electron chi connectivity index (χ4n) is 2.56. The average molecular weight is 227 g/mol. The molecule has 0 aromatic rings. The normalized spacial score (nSPS) is 30.1. The standard InChI is InChI=1S/C13H25NO2/c1-10-6-7-12(11(2)9-10)14-13(16)5-3-4-8-15/h10-12,15H,3-9H2,1-2H3,(H,14,16). The van der Waals surface area contributed by atoms with Crippen LogP contribution in [0, 0.1) is 11.8 Å². The second kappa shape index (κ2) is 6.89. The highest BCUT2D eigenvalue weighted by Gasteiger charge is 2.26. The van der Waals surface area contributed by atoms with E-state index in [1.165, 1.54) is 12.8 Å². The summed E-state index contributed by atoms with van der Waals surface area (Å²) >= 11 is 0. The number of carbonyl (C=O) groups excluding carboxylic acids is 1. The first kappa shape index (κ1) is 13.5. The molecule has 1 saturated carbocycles. The van der Waals surface area contributed by atoms with Gasteiger partial charge in [0.25, 0.3) is 0 Å². The van der Waals surface area contributed by atoms with E-state index >= 15 is 0 Å². The van der Waals surface area contributed by atoms with Gasteiger partial charge in [0.1, 0.15) is 0 Å². The molecule has 0 aromatic heterocycles. The second-order valence-corrected chi connectivity index (χ2v) is 5.25. The molecule has 0 saturated heterocycles. The Morgan fingerprint density at radius 2 is 2.06 bits per heavy atom. The summed E-state index contributed by atoms with van der Waals surface area (Å²) in [5.41, 5.74) is 0. The average Bonchev–Trinajstić information content (AvgIpc) is 2.23. The van der Waals surface area contributed by atoms with E-state index in [4.69, 9.17) is 5.11 Å². The first-order valence-corrected chi connectivity index (χ1v) is 6.53. The molecule has 0 radical (unpaired) electrons. The van der Waals surface area contributed by atoms with Crippen LogP contribution >= 0.6 is 0 Å². The number of hydrogen-bond donors (Lipinski definition) is 2. The van der Waals surface area contributed by atoms with Gasteiger partial charge in [0.15, 0.2) is 0 Å². The zero-order chi connectivity index (χ0) is 12.0. The van der Waals surface area contributed by atoms with Gasteiger partial charge in [-0.1, -0.05) is 13.8 Å². The van der Waals surface area contributed by atoms with Crippen LogP contribution in [0.1, 0.15) is 52.4 Å². The molecule has 1 amide bonds. The lowest BCUT2D eigenvalue weighted by molar-refractivity contribution is -0.122. The predicted octanol–water partition coefficient (Wildman–Crippen LogP) is 2.09. The van der Waals surface area contributed by atoms with Crippen molar-refractivity contribution in [2.45, 2.75) is 58.4 Å². The summed E-state index contributed by atoms with van der Waals surface area (Å²) in [6.45, 7) is 4.70. The summed E-state index contributed by atoms with van der Waals surface area (Å²) in [4.78, 5) is 11.6. The quantitative estimate of drug-likeness (QED) is 0.707. The van der Waals surface area contributed by atoms with Crippen molar-refractivity contribution in [2.75, 3.05) is 6.61 Å². The van der Waals surface area contributed by atoms with Crippen molar-refractivity contribution in [3.05, 3.63) is 0 Å². The molecule has 94 valence electrons. The number of carbonyl (C=O) groups is 1. The summed E-state index contributed by atoms with van der Waals surface area (Å²) < 4.78 is 0. The molecule has 3 heteroatoms. The van der Waals surface area contributed by atoms with Crippen LogP contribution in [-0.4, -0.2) is 23.7 Å². The minimum atomic E-state index is 0.153. The molecule has 0 aromatic carbocycles. The van der Waals surface area contributed by atoms with Crippen LogP contribution < -0.4 is 5.32 Å². The van der Waals surface area contributed by atoms with Crippen LogP contribution in [0.5, 0.6) is 0 Å². The van der Waals surface area contributed by atoms with E-state index in [0.29, 0.717) is 18.4 Å². The number of aliphatic hydroxyl groups is 1. The number of hydrogen-bond acceptors (Lipinski definition) is 2. The van der Waals surface area contributed by atoms with Gasteiger partial charge in [-0.05, 0) is 43.9 Å². The van der Waals surface area contributed by atoms with Gasteiger partial charge in [-0.15, -0.1) is 0 Å². The molecule has 0 heterocycles. The van der Waals surface area contributed by atoms with E-state index in [1.807, 2.05) is 0 Å². The second-order valence-electron chi connectivity index (χ2n) is 5.25. The molecule has 0 bridgehead atoms. The molecule has 3 unspecified atom stereocenters. The van der Waals surface area contributed by atoms with Crippen molar-refractivity contribution in [3.8, 4) is 0 Å². The van der Waals surface area contributed by atoms with Crippen molar-refractivity contribution < 1.29 is 9.90 Å². The molecule has 2 N–H and O–H groups in total. The fourth-order valence-corrected chi connectivity index (χ4v) is 2.56. The largest absolute Gasteiger partial charge is 0.396 e. The topological polar surface area (TPSA) is 49.3 Å². The summed E-state index contributed by atoms with van der Waals surface area (Å²) in [5, 5.41) is 11.8. The molecule has 1 aliphatic carbocycles. The van der Waals surface area contributed by atoms with Crippen LogP contribution in [-0.2, 0) is 4.79 Å². The lowest BCUT2D eigenvalue weighted by Crippen LogP contribution is -2.42. The Hall–Kier alpha value is -0.570. The van der Waals surface area contributed by atoms with Crippen LogP contribution in [0.3, 0.4) is 0 Å². The smallest absolute Gasteiger partial charge is 0.220 e. The lowest BCUT2D eigenvalue weighted by Gasteiger charge is -2.33. The Balaban J connectivity index is 2.22. The van der Waals surface area contributed by atoms with Crippen molar-refractivity contribution >= 4 is 5.91 Å². The lowest BCUT2D eigenvalue weighted by atomic mass is 9.80. The van der Waals surface area contributed by atoms with Crippen LogP contribution in [0.15, 0.2) is 0 Å². The van der Waals surface area contributed by atoms with Crippen LogP contribution in [0.2, 0.25) is 0 Å². The molecular formula is C13H25NO2. The van der Waals surface area contributed by atoms with Gasteiger partial charge in [-0.25, -0.2) is 0 Å². The van der Waals surface area contributed by atoms with Crippen LogP contribution in [0.25, 0.3) is 0 Å². The van der Waals surface area contributed by atoms with E-state index in [2.05, 4.69) is 19.2 Å². The Morgan fingerprint density at radius 3 is 2.69 bits per heavy atom. The third-order valence-electron chi connectivity index (χ3n) is 3.59. The molecular weight excluding hydrogens is 202 g/mol. The number of unbranched alkanes of at least 4 members (excludes halogenated alkanes) is 1. The summed E-state index contributed by atoms with van der Waals surface area (Å²) in [6, 6.07) is 0.373. The first-order valence-electron chi connectivity index (χ1n) is 6.53. The van der Waals surface area contributed by atoms with Gasteiger partial charge >= 0.3 is 0 Å². The van der Waals surface area contributed by atoms with Crippen LogP contribution in [0.4, 0.5) is 0 Å². The van der Waals surface area contributed by atoms with E-state index in [1.54, 1.807) is 0 Å². The Kier molecular flexibility index (Phi) is 5.81. The number of amides is 1. The van der Waals surface area contributed by atoms with Crippen molar-refractivity contribution in [1.82, 2.24) is 5.32 Å². The van der Waals surface area contributed by atoms with E-state index in [9.17, 15) is 4.79 Å². The van der Waals surface area contributed by atoms with Crippen molar-refractivity contribution in [3.63, 3.8) is 0 Å². The number of rotatable bonds is 5. The summed E-state index contributed by atoms with van der Waals surface area (Å²) in [6.07, 6.45) is 5.64. The molecule has 1 rings (SSSR count). The SMILES string of the molecule is CC1CCC(NC(=O)CCCCO)C(C)C1. The highest BCUT2D eigenvalue weighted by Crippen LogP contribution is 2.28. The Labute approximate surface area is 98.6 Å². The maximum Gasteiger partial charge on any atom is 0.220 e. The molecule has 0 aliphatic heterocycles. The van der Waals surface area contributed by atoms with Crippen molar-refractivity contribution in [1.29, 1.82) is 0 Å². The number of aliphatic hydroxyl groups excluding tert-OH is 1. The Morgan fingerprint density at radius 1 is 1.31 bits per heavy atom. The third kappa shape index (κ3) is 4.52. The van der Waals surface area contributed by atoms with E-state index in [0.717, 1.165) is 25.2 Å². The molecule has 1 fully saturated rings. The van der Waals surface area contributed by atoms with Gasteiger partial charge in [0.05, 0.1) is 0 Å². The first-order chi connectivity index (χ1) is 7.63. The highest BCUT2D eigenvalue weighted by molar-refractivity contribution is 5.76. The molecule has 16 heavy (non-hydrogen) atoms. The van der Waals surface area contributed by atoms with E-state index < -0.39 is 0 Å². The predicted molar refractivity (Wildman–Crippen MR) is 65.0 cm³/mol. The zero-order valence-electron chi connectivity index (χ0n) is 10.5. The van der Waals surface area contributed by atoms with Gasteiger partial charge in [0, 0.05) is 19.1 Å². The third-order valence-corrected chi connectivity index (χ3v) is 3.59. The minimum Gasteiger partial charge on any atom is -0.396 e. The molecule has 3 nitrogen and oxygen atoms in total. The van der Waals surface area contributed by atoms with Gasteiger partial charge in [-0.3, -0.25) is 4.79 Å². The molecule has 1 aliphatic rings. The maximum absolute atomic E-state index is 11.6. The zero-order valence-corrected chi connectivity index (χ0v) is 10.5. The Bertz CT molecular complexity index is 218. The minimum absolute atomic E-state index is 0.153. The fraction of sp³-hybridized carbons (Fsp3) is 0.923.